The Bertz CT molecular complexity index is 694. The Kier molecular flexibility index (Phi) is 5.27. The Morgan fingerprint density at radius 2 is 1.88 bits per heavy atom. The third-order valence-electron chi connectivity index (χ3n) is 4.14. The molecule has 1 fully saturated rings. The summed E-state index contributed by atoms with van der Waals surface area (Å²) in [6.07, 6.45) is 2.34. The molecule has 0 saturated heterocycles. The fourth-order valence-corrected chi connectivity index (χ4v) is 3.09. The molecule has 1 saturated carbocycles. The van der Waals surface area contributed by atoms with E-state index in [2.05, 4.69) is 10.6 Å². The molecule has 1 aliphatic carbocycles. The molecule has 0 bridgehead atoms. The van der Waals surface area contributed by atoms with E-state index < -0.39 is 0 Å². The minimum Gasteiger partial charge on any atom is -0.350 e. The third kappa shape index (κ3) is 4.43. The first kappa shape index (κ1) is 16.7. The molecule has 1 aromatic heterocycles. The van der Waals surface area contributed by atoms with Crippen LogP contribution in [0.3, 0.4) is 0 Å². The van der Waals surface area contributed by atoms with Crippen molar-refractivity contribution in [3.63, 3.8) is 0 Å². The minimum atomic E-state index is -0.111. The van der Waals surface area contributed by atoms with E-state index in [9.17, 15) is 9.59 Å². The lowest BCUT2D eigenvalue weighted by atomic mass is 10.1. The average molecular weight is 343 g/mol. The van der Waals surface area contributed by atoms with Crippen molar-refractivity contribution in [2.24, 2.45) is 11.7 Å². The van der Waals surface area contributed by atoms with Gasteiger partial charge in [-0.25, -0.2) is 0 Å². The molecule has 1 heterocycles. The van der Waals surface area contributed by atoms with Crippen LogP contribution in [0.4, 0.5) is 0 Å². The van der Waals surface area contributed by atoms with E-state index in [1.54, 1.807) is 18.2 Å². The normalized spacial score (nSPS) is 14.9. The highest BCUT2D eigenvalue weighted by molar-refractivity contribution is 7.12. The van der Waals surface area contributed by atoms with Crippen molar-refractivity contribution >= 4 is 23.2 Å². The van der Waals surface area contributed by atoms with Gasteiger partial charge in [0.1, 0.15) is 0 Å². The molecular formula is C18H21N3O2S. The topological polar surface area (TPSA) is 84.2 Å². The molecule has 6 heteroatoms. The Balaban J connectivity index is 1.47. The van der Waals surface area contributed by atoms with Gasteiger partial charge >= 0.3 is 0 Å². The summed E-state index contributed by atoms with van der Waals surface area (Å²) in [5, 5.41) is 7.61. The van der Waals surface area contributed by atoms with Gasteiger partial charge in [-0.1, -0.05) is 18.2 Å². The molecule has 1 atom stereocenters. The Morgan fingerprint density at radius 3 is 2.50 bits per heavy atom. The quantitative estimate of drug-likeness (QED) is 0.720. The Labute approximate surface area is 145 Å². The van der Waals surface area contributed by atoms with Gasteiger partial charge in [-0.2, -0.15) is 0 Å². The highest BCUT2D eigenvalue weighted by atomic mass is 32.1. The Morgan fingerprint density at radius 1 is 1.12 bits per heavy atom. The standard InChI is InChI=1S/C18H21N3O2S/c19-15(13-7-8-13)11-21-17(22)14-5-3-12(4-6-14)10-20-18(23)16-2-1-9-24-16/h1-6,9,13,15H,7-8,10-11,19H2,(H,20,23)(H,21,22). The number of benzene rings is 1. The van der Waals surface area contributed by atoms with Crippen LogP contribution >= 0.6 is 11.3 Å². The van der Waals surface area contributed by atoms with Crippen molar-refractivity contribution in [1.82, 2.24) is 10.6 Å². The lowest BCUT2D eigenvalue weighted by molar-refractivity contribution is 0.0943. The molecule has 5 nitrogen and oxygen atoms in total. The lowest BCUT2D eigenvalue weighted by Gasteiger charge is -2.12. The second-order valence-electron chi connectivity index (χ2n) is 6.07. The van der Waals surface area contributed by atoms with Crippen LogP contribution in [0.2, 0.25) is 0 Å². The lowest BCUT2D eigenvalue weighted by Crippen LogP contribution is -2.38. The molecule has 2 amide bonds. The summed E-state index contributed by atoms with van der Waals surface area (Å²) in [4.78, 5) is 24.7. The number of hydrogen-bond donors (Lipinski definition) is 3. The summed E-state index contributed by atoms with van der Waals surface area (Å²) < 4.78 is 0. The summed E-state index contributed by atoms with van der Waals surface area (Å²) in [7, 11) is 0. The fraction of sp³-hybridized carbons (Fsp3) is 0.333. The van der Waals surface area contributed by atoms with Gasteiger partial charge in [0.05, 0.1) is 4.88 Å². The van der Waals surface area contributed by atoms with Crippen molar-refractivity contribution in [3.8, 4) is 0 Å². The van der Waals surface area contributed by atoms with Gasteiger partial charge in [-0.05, 0) is 47.9 Å². The first-order valence-electron chi connectivity index (χ1n) is 8.08. The van der Waals surface area contributed by atoms with Gasteiger partial charge in [0, 0.05) is 24.7 Å². The van der Waals surface area contributed by atoms with E-state index in [1.165, 1.54) is 24.2 Å². The van der Waals surface area contributed by atoms with Crippen molar-refractivity contribution in [2.45, 2.75) is 25.4 Å². The van der Waals surface area contributed by atoms with Crippen LogP contribution in [0.5, 0.6) is 0 Å². The van der Waals surface area contributed by atoms with Gasteiger partial charge in [0.2, 0.25) is 0 Å². The average Bonchev–Trinajstić information content (AvgIpc) is 3.32. The fourth-order valence-electron chi connectivity index (χ4n) is 2.45. The molecule has 24 heavy (non-hydrogen) atoms. The van der Waals surface area contributed by atoms with E-state index in [4.69, 9.17) is 5.73 Å². The largest absolute Gasteiger partial charge is 0.350 e. The minimum absolute atomic E-state index is 0.0562. The van der Waals surface area contributed by atoms with E-state index >= 15 is 0 Å². The summed E-state index contributed by atoms with van der Waals surface area (Å²) in [5.74, 6) is 0.376. The zero-order chi connectivity index (χ0) is 16.9. The number of nitrogens with one attached hydrogen (secondary N) is 2. The van der Waals surface area contributed by atoms with E-state index in [0.717, 1.165) is 5.56 Å². The zero-order valence-electron chi connectivity index (χ0n) is 13.3. The maximum absolute atomic E-state index is 12.1. The molecule has 126 valence electrons. The smallest absolute Gasteiger partial charge is 0.261 e. The van der Waals surface area contributed by atoms with Crippen LogP contribution in [-0.2, 0) is 6.54 Å². The van der Waals surface area contributed by atoms with Crippen LogP contribution in [0.1, 0.15) is 38.4 Å². The second kappa shape index (κ2) is 7.59. The number of carbonyl (C=O) groups excluding carboxylic acids is 2. The second-order valence-corrected chi connectivity index (χ2v) is 7.02. The van der Waals surface area contributed by atoms with Crippen LogP contribution in [0, 0.1) is 5.92 Å². The van der Waals surface area contributed by atoms with Crippen molar-refractivity contribution in [3.05, 3.63) is 57.8 Å². The first-order valence-corrected chi connectivity index (χ1v) is 8.96. The molecule has 3 rings (SSSR count). The maximum atomic E-state index is 12.1. The highest BCUT2D eigenvalue weighted by Crippen LogP contribution is 2.31. The van der Waals surface area contributed by atoms with Gasteiger partial charge in [-0.3, -0.25) is 9.59 Å². The number of hydrogen-bond acceptors (Lipinski definition) is 4. The molecule has 4 N–H and O–H groups in total. The van der Waals surface area contributed by atoms with Crippen LogP contribution < -0.4 is 16.4 Å². The predicted octanol–water partition coefficient (Wildman–Crippen LogP) is 2.15. The van der Waals surface area contributed by atoms with E-state index in [0.29, 0.717) is 29.4 Å². The van der Waals surface area contributed by atoms with Crippen LogP contribution in [0.15, 0.2) is 41.8 Å². The van der Waals surface area contributed by atoms with E-state index in [1.807, 2.05) is 23.6 Å². The number of rotatable bonds is 7. The van der Waals surface area contributed by atoms with Gasteiger partial charge in [0.15, 0.2) is 0 Å². The SMILES string of the molecule is NC(CNC(=O)c1ccc(CNC(=O)c2cccs2)cc1)C1CC1. The number of amides is 2. The summed E-state index contributed by atoms with van der Waals surface area (Å²) in [6.45, 7) is 0.952. The summed E-state index contributed by atoms with van der Waals surface area (Å²) >= 11 is 1.41. The Hall–Kier alpha value is -2.18. The highest BCUT2D eigenvalue weighted by Gasteiger charge is 2.28. The summed E-state index contributed by atoms with van der Waals surface area (Å²) in [5.41, 5.74) is 7.54. The molecule has 0 radical (unpaired) electrons. The number of thiophene rings is 1. The molecule has 0 aliphatic heterocycles. The number of carbonyl (C=O) groups is 2. The monoisotopic (exact) mass is 343 g/mol. The first-order chi connectivity index (χ1) is 11.6. The predicted molar refractivity (Wildman–Crippen MR) is 95.0 cm³/mol. The molecular weight excluding hydrogens is 322 g/mol. The van der Waals surface area contributed by atoms with Gasteiger partial charge < -0.3 is 16.4 Å². The van der Waals surface area contributed by atoms with Crippen molar-refractivity contribution in [2.75, 3.05) is 6.54 Å². The van der Waals surface area contributed by atoms with Crippen LogP contribution in [-0.4, -0.2) is 24.4 Å². The van der Waals surface area contributed by atoms with Gasteiger partial charge in [0.25, 0.3) is 11.8 Å². The zero-order valence-corrected chi connectivity index (χ0v) is 14.1. The van der Waals surface area contributed by atoms with Gasteiger partial charge in [-0.15, -0.1) is 11.3 Å². The molecule has 0 spiro atoms. The molecule has 1 unspecified atom stereocenters. The summed E-state index contributed by atoms with van der Waals surface area (Å²) in [6, 6.07) is 10.9. The molecule has 1 aliphatic rings. The van der Waals surface area contributed by atoms with Crippen LogP contribution in [0.25, 0.3) is 0 Å². The molecule has 1 aromatic carbocycles. The van der Waals surface area contributed by atoms with Crippen molar-refractivity contribution < 1.29 is 9.59 Å². The number of nitrogens with two attached hydrogens (primary N) is 1. The maximum Gasteiger partial charge on any atom is 0.261 e. The van der Waals surface area contributed by atoms with Crippen molar-refractivity contribution in [1.29, 1.82) is 0 Å². The third-order valence-corrected chi connectivity index (χ3v) is 5.01. The molecule has 2 aromatic rings. The van der Waals surface area contributed by atoms with E-state index in [-0.39, 0.29) is 17.9 Å².